The highest BCUT2D eigenvalue weighted by Gasteiger charge is 2.19. The number of hydrogen-bond acceptors (Lipinski definition) is 2. The van der Waals surface area contributed by atoms with Crippen LogP contribution in [0.1, 0.15) is 48.8 Å². The molecule has 16 heavy (non-hydrogen) atoms. The molecular formula is C14H17O2. The van der Waals surface area contributed by atoms with Gasteiger partial charge in [0.15, 0.2) is 0 Å². The van der Waals surface area contributed by atoms with E-state index in [-0.39, 0.29) is 0 Å². The zero-order chi connectivity index (χ0) is 11.5. The van der Waals surface area contributed by atoms with Gasteiger partial charge in [0.1, 0.15) is 5.78 Å². The smallest absolute Gasteiger partial charge is 0.132 e. The van der Waals surface area contributed by atoms with Gasteiger partial charge in [-0.1, -0.05) is 24.3 Å². The Morgan fingerprint density at radius 2 is 1.75 bits per heavy atom. The van der Waals surface area contributed by atoms with Crippen molar-refractivity contribution in [1.29, 1.82) is 0 Å². The van der Waals surface area contributed by atoms with E-state index in [9.17, 15) is 9.90 Å². The van der Waals surface area contributed by atoms with E-state index in [1.54, 1.807) is 0 Å². The molecule has 85 valence electrons. The predicted octanol–water partition coefficient (Wildman–Crippen LogP) is 2.78. The molecule has 1 aliphatic rings. The third kappa shape index (κ3) is 2.50. The largest absolute Gasteiger partial charge is 0.388 e. The number of ketones is 1. The molecule has 1 unspecified atom stereocenters. The van der Waals surface area contributed by atoms with Gasteiger partial charge in [0.05, 0.1) is 6.10 Å². The Morgan fingerprint density at radius 3 is 2.25 bits per heavy atom. The second kappa shape index (κ2) is 4.79. The van der Waals surface area contributed by atoms with Crippen LogP contribution in [0, 0.1) is 6.92 Å². The topological polar surface area (TPSA) is 37.3 Å². The van der Waals surface area contributed by atoms with Crippen molar-refractivity contribution in [2.75, 3.05) is 0 Å². The second-order valence-corrected chi connectivity index (χ2v) is 4.50. The van der Waals surface area contributed by atoms with Gasteiger partial charge < -0.3 is 5.11 Å². The van der Waals surface area contributed by atoms with Gasteiger partial charge in [0, 0.05) is 12.8 Å². The molecule has 2 nitrogen and oxygen atoms in total. The molecule has 2 heteroatoms. The van der Waals surface area contributed by atoms with E-state index < -0.39 is 6.10 Å². The zero-order valence-electron chi connectivity index (χ0n) is 9.36. The van der Waals surface area contributed by atoms with Gasteiger partial charge in [-0.15, -0.1) is 0 Å². The number of benzene rings is 1. The summed E-state index contributed by atoms with van der Waals surface area (Å²) >= 11 is 0. The highest BCUT2D eigenvalue weighted by atomic mass is 16.3. The lowest BCUT2D eigenvalue weighted by molar-refractivity contribution is -0.120. The molecule has 1 saturated carbocycles. The SMILES string of the molecule is [CH2]C(O)c1ccc(C2CCC(=O)CC2)cc1. The van der Waals surface area contributed by atoms with Gasteiger partial charge in [-0.2, -0.15) is 0 Å². The van der Waals surface area contributed by atoms with Crippen LogP contribution >= 0.6 is 0 Å². The van der Waals surface area contributed by atoms with Crippen LogP contribution in [0.15, 0.2) is 24.3 Å². The Balaban J connectivity index is 2.07. The minimum atomic E-state index is -0.651. The minimum Gasteiger partial charge on any atom is -0.388 e. The first-order valence-electron chi connectivity index (χ1n) is 5.79. The van der Waals surface area contributed by atoms with Crippen molar-refractivity contribution >= 4 is 5.78 Å². The quantitative estimate of drug-likeness (QED) is 0.827. The van der Waals surface area contributed by atoms with Crippen molar-refractivity contribution in [3.63, 3.8) is 0 Å². The minimum absolute atomic E-state index is 0.390. The van der Waals surface area contributed by atoms with E-state index >= 15 is 0 Å². The van der Waals surface area contributed by atoms with Crippen molar-refractivity contribution in [2.24, 2.45) is 0 Å². The Labute approximate surface area is 96.3 Å². The fourth-order valence-electron chi connectivity index (χ4n) is 2.26. The van der Waals surface area contributed by atoms with Crippen molar-refractivity contribution in [2.45, 2.75) is 37.7 Å². The summed E-state index contributed by atoms with van der Waals surface area (Å²) in [5, 5.41) is 9.30. The lowest BCUT2D eigenvalue weighted by Crippen LogP contribution is -2.12. The summed E-state index contributed by atoms with van der Waals surface area (Å²) in [6, 6.07) is 7.93. The van der Waals surface area contributed by atoms with E-state index in [1.165, 1.54) is 5.56 Å². The molecule has 1 aromatic rings. The van der Waals surface area contributed by atoms with E-state index in [2.05, 4.69) is 6.92 Å². The molecule has 1 fully saturated rings. The predicted molar refractivity (Wildman–Crippen MR) is 63.0 cm³/mol. The molecule has 1 aromatic carbocycles. The number of aliphatic hydroxyl groups is 1. The monoisotopic (exact) mass is 217 g/mol. The average Bonchev–Trinajstić information content (AvgIpc) is 2.30. The van der Waals surface area contributed by atoms with Gasteiger partial charge >= 0.3 is 0 Å². The molecule has 1 radical (unpaired) electrons. The standard InChI is InChI=1S/C14H17O2/c1-10(15)11-2-4-12(5-3-11)13-6-8-14(16)9-7-13/h2-5,10,13,15H,1,6-9H2. The average molecular weight is 217 g/mol. The summed E-state index contributed by atoms with van der Waals surface area (Å²) in [6.07, 6.45) is 2.70. The maximum absolute atomic E-state index is 11.1. The first kappa shape index (κ1) is 11.3. The Morgan fingerprint density at radius 1 is 1.19 bits per heavy atom. The molecule has 0 aliphatic heterocycles. The van der Waals surface area contributed by atoms with Crippen molar-refractivity contribution in [3.8, 4) is 0 Å². The number of aliphatic hydroxyl groups excluding tert-OH is 1. The van der Waals surface area contributed by atoms with Gasteiger partial charge in [0.2, 0.25) is 0 Å². The van der Waals surface area contributed by atoms with Crippen LogP contribution in [0.4, 0.5) is 0 Å². The summed E-state index contributed by atoms with van der Waals surface area (Å²) in [7, 11) is 0. The number of hydrogen-bond donors (Lipinski definition) is 1. The summed E-state index contributed by atoms with van der Waals surface area (Å²) in [5.74, 6) is 0.898. The lowest BCUT2D eigenvalue weighted by Gasteiger charge is -2.21. The summed E-state index contributed by atoms with van der Waals surface area (Å²) < 4.78 is 0. The first-order chi connectivity index (χ1) is 7.66. The van der Waals surface area contributed by atoms with E-state index in [4.69, 9.17) is 0 Å². The summed E-state index contributed by atoms with van der Waals surface area (Å²) in [6.45, 7) is 3.57. The highest BCUT2D eigenvalue weighted by Crippen LogP contribution is 2.31. The third-order valence-corrected chi connectivity index (χ3v) is 3.34. The van der Waals surface area contributed by atoms with Crippen molar-refractivity contribution in [3.05, 3.63) is 42.3 Å². The van der Waals surface area contributed by atoms with Gasteiger partial charge in [0.25, 0.3) is 0 Å². The summed E-state index contributed by atoms with van der Waals surface area (Å²) in [4.78, 5) is 11.1. The normalized spacial score (nSPS) is 19.8. The van der Waals surface area contributed by atoms with Gasteiger partial charge in [-0.3, -0.25) is 4.79 Å². The van der Waals surface area contributed by atoms with E-state index in [0.29, 0.717) is 24.5 Å². The van der Waals surface area contributed by atoms with Crippen molar-refractivity contribution < 1.29 is 9.90 Å². The molecule has 0 saturated heterocycles. The lowest BCUT2D eigenvalue weighted by atomic mass is 9.83. The molecular weight excluding hydrogens is 200 g/mol. The van der Waals surface area contributed by atoms with Crippen LogP contribution in [-0.2, 0) is 4.79 Å². The maximum atomic E-state index is 11.1. The first-order valence-corrected chi connectivity index (χ1v) is 5.79. The molecule has 0 aromatic heterocycles. The Bertz CT molecular complexity index is 355. The molecule has 0 spiro atoms. The third-order valence-electron chi connectivity index (χ3n) is 3.34. The Kier molecular flexibility index (Phi) is 3.39. The highest BCUT2D eigenvalue weighted by molar-refractivity contribution is 5.79. The fraction of sp³-hybridized carbons (Fsp3) is 0.429. The fourth-order valence-corrected chi connectivity index (χ4v) is 2.26. The number of carbonyl (C=O) groups is 1. The van der Waals surface area contributed by atoms with Gasteiger partial charge in [-0.25, -0.2) is 0 Å². The van der Waals surface area contributed by atoms with Crippen LogP contribution in [-0.4, -0.2) is 10.9 Å². The van der Waals surface area contributed by atoms with Gasteiger partial charge in [-0.05, 0) is 36.8 Å². The number of carbonyl (C=O) groups excluding carboxylic acids is 1. The van der Waals surface area contributed by atoms with Crippen LogP contribution < -0.4 is 0 Å². The van der Waals surface area contributed by atoms with Crippen molar-refractivity contribution in [1.82, 2.24) is 0 Å². The number of Topliss-reactive ketones (excluding diaryl/α,β-unsaturated/α-hetero) is 1. The molecule has 1 aliphatic carbocycles. The summed E-state index contributed by atoms with van der Waals surface area (Å²) in [5.41, 5.74) is 2.12. The second-order valence-electron chi connectivity index (χ2n) is 4.50. The van der Waals surface area contributed by atoms with Crippen LogP contribution in [0.3, 0.4) is 0 Å². The molecule has 0 heterocycles. The Hall–Kier alpha value is -1.15. The molecule has 2 rings (SSSR count). The molecule has 0 bridgehead atoms. The van der Waals surface area contributed by atoms with E-state index in [1.807, 2.05) is 24.3 Å². The van der Waals surface area contributed by atoms with E-state index in [0.717, 1.165) is 18.4 Å². The zero-order valence-corrected chi connectivity index (χ0v) is 9.36. The number of rotatable bonds is 2. The maximum Gasteiger partial charge on any atom is 0.132 e. The molecule has 1 atom stereocenters. The van der Waals surface area contributed by atoms with Crippen LogP contribution in [0.25, 0.3) is 0 Å². The molecule has 0 amide bonds. The van der Waals surface area contributed by atoms with Crippen LogP contribution in [0.2, 0.25) is 0 Å². The molecule has 1 N–H and O–H groups in total. The van der Waals surface area contributed by atoms with Crippen LogP contribution in [0.5, 0.6) is 0 Å².